The Bertz CT molecular complexity index is 514. The second-order valence-corrected chi connectivity index (χ2v) is 3.51. The van der Waals surface area contributed by atoms with Crippen molar-refractivity contribution in [2.45, 2.75) is 0 Å². The van der Waals surface area contributed by atoms with Crippen LogP contribution < -0.4 is 10.0 Å². The number of hydrogen-bond donors (Lipinski definition) is 0. The summed E-state index contributed by atoms with van der Waals surface area (Å²) in [6.07, 6.45) is 0. The molecule has 0 aliphatic carbocycles. The molecule has 0 aliphatic heterocycles. The number of carbonyl (C=O) groups is 1. The maximum absolute atomic E-state index is 10.6. The van der Waals surface area contributed by atoms with E-state index in [0.29, 0.717) is 5.58 Å². The molecule has 0 saturated heterocycles. The number of benzene rings is 1. The smallest absolute Gasteiger partial charge is 0.150 e. The molecule has 1 heterocycles. The topological polar surface area (TPSA) is 56.5 Å². The number of aromatic carboxylic acids is 1. The van der Waals surface area contributed by atoms with Crippen molar-refractivity contribution >= 4 is 22.6 Å². The van der Waals surface area contributed by atoms with E-state index in [1.807, 2.05) is 31.1 Å². The lowest BCUT2D eigenvalue weighted by Gasteiger charge is -2.11. The van der Waals surface area contributed by atoms with Crippen LogP contribution in [-0.4, -0.2) is 20.1 Å². The fraction of sp³-hybridized carbons (Fsp3) is 0.182. The number of hydrogen-bond acceptors (Lipinski definition) is 4. The van der Waals surface area contributed by atoms with Gasteiger partial charge in [-0.3, -0.25) is 0 Å². The molecule has 2 rings (SSSR count). The summed E-state index contributed by atoms with van der Waals surface area (Å²) in [6.45, 7) is 0. The second kappa shape index (κ2) is 3.31. The van der Waals surface area contributed by atoms with Gasteiger partial charge in [0.1, 0.15) is 11.6 Å². The summed E-state index contributed by atoms with van der Waals surface area (Å²) in [4.78, 5) is 12.5. The van der Waals surface area contributed by atoms with Gasteiger partial charge in [-0.05, 0) is 18.2 Å². The first kappa shape index (κ1) is 9.58. The maximum atomic E-state index is 10.6. The molecule has 0 saturated carbocycles. The van der Waals surface area contributed by atoms with Crippen LogP contribution in [0.15, 0.2) is 28.7 Å². The fourth-order valence-electron chi connectivity index (χ4n) is 1.40. The molecular weight excluding hydrogens is 194 g/mol. The van der Waals surface area contributed by atoms with Crippen LogP contribution in [0.2, 0.25) is 0 Å². The lowest BCUT2D eigenvalue weighted by molar-refractivity contribution is -0.256. The number of rotatable bonds is 2. The van der Waals surface area contributed by atoms with Gasteiger partial charge in [0, 0.05) is 31.2 Å². The van der Waals surface area contributed by atoms with Crippen molar-refractivity contribution in [2.24, 2.45) is 0 Å². The zero-order valence-corrected chi connectivity index (χ0v) is 8.48. The lowest BCUT2D eigenvalue weighted by Crippen LogP contribution is -2.21. The summed E-state index contributed by atoms with van der Waals surface area (Å²) in [6, 6.07) is 6.98. The van der Waals surface area contributed by atoms with Crippen molar-refractivity contribution < 1.29 is 14.3 Å². The molecule has 1 aromatic heterocycles. The summed E-state index contributed by atoms with van der Waals surface area (Å²) < 4.78 is 5.13. The monoisotopic (exact) mass is 204 g/mol. The molecule has 0 fully saturated rings. The number of anilines is 1. The highest BCUT2D eigenvalue weighted by atomic mass is 16.4. The van der Waals surface area contributed by atoms with Gasteiger partial charge in [-0.1, -0.05) is 0 Å². The minimum atomic E-state index is -1.29. The van der Waals surface area contributed by atoms with Gasteiger partial charge in [0.05, 0.1) is 0 Å². The largest absolute Gasteiger partial charge is 0.542 e. The molecule has 0 unspecified atom stereocenters. The minimum absolute atomic E-state index is 0.138. The van der Waals surface area contributed by atoms with E-state index in [2.05, 4.69) is 0 Å². The first-order valence-corrected chi connectivity index (χ1v) is 4.50. The van der Waals surface area contributed by atoms with E-state index >= 15 is 0 Å². The number of carbonyl (C=O) groups excluding carboxylic acids is 1. The average molecular weight is 204 g/mol. The van der Waals surface area contributed by atoms with Crippen LogP contribution in [0, 0.1) is 0 Å². The average Bonchev–Trinajstić information content (AvgIpc) is 2.59. The molecule has 0 spiro atoms. The van der Waals surface area contributed by atoms with Crippen LogP contribution in [0.3, 0.4) is 0 Å². The number of carboxylic acids is 1. The molecule has 0 aliphatic rings. The van der Waals surface area contributed by atoms with Gasteiger partial charge < -0.3 is 19.2 Å². The highest BCUT2D eigenvalue weighted by molar-refractivity contribution is 5.91. The third-order valence-corrected chi connectivity index (χ3v) is 2.22. The molecule has 0 bridgehead atoms. The summed E-state index contributed by atoms with van der Waals surface area (Å²) in [7, 11) is 3.81. The summed E-state index contributed by atoms with van der Waals surface area (Å²) >= 11 is 0. The van der Waals surface area contributed by atoms with Crippen LogP contribution in [0.25, 0.3) is 11.0 Å². The fourth-order valence-corrected chi connectivity index (χ4v) is 1.40. The summed E-state index contributed by atoms with van der Waals surface area (Å²) in [5, 5.41) is 11.3. The Labute approximate surface area is 86.7 Å². The zero-order chi connectivity index (χ0) is 11.0. The Morgan fingerprint density at radius 1 is 1.33 bits per heavy atom. The van der Waals surface area contributed by atoms with Gasteiger partial charge in [-0.2, -0.15) is 0 Å². The molecule has 4 nitrogen and oxygen atoms in total. The molecule has 78 valence electrons. The standard InChI is InChI=1S/C11H11NO3/c1-12(2)8-4-3-7-5-10(11(13)14)15-9(7)6-8/h3-6H,1-2H3,(H,13,14)/p-1. The first-order chi connectivity index (χ1) is 7.08. The number of fused-ring (bicyclic) bond motifs is 1. The molecule has 2 aromatic rings. The zero-order valence-electron chi connectivity index (χ0n) is 8.48. The van der Waals surface area contributed by atoms with Crippen LogP contribution in [0.5, 0.6) is 0 Å². The third kappa shape index (κ3) is 1.66. The molecule has 0 atom stereocenters. The second-order valence-electron chi connectivity index (χ2n) is 3.51. The quantitative estimate of drug-likeness (QED) is 0.728. The van der Waals surface area contributed by atoms with Gasteiger partial charge in [0.15, 0.2) is 5.76 Å². The lowest BCUT2D eigenvalue weighted by atomic mass is 10.2. The first-order valence-electron chi connectivity index (χ1n) is 4.50. The van der Waals surface area contributed by atoms with E-state index in [1.165, 1.54) is 6.07 Å². The van der Waals surface area contributed by atoms with Crippen LogP contribution in [0.1, 0.15) is 10.6 Å². The minimum Gasteiger partial charge on any atom is -0.542 e. The number of nitrogens with zero attached hydrogens (tertiary/aromatic N) is 1. The molecule has 0 amide bonds. The van der Waals surface area contributed by atoms with Crippen LogP contribution in [0.4, 0.5) is 5.69 Å². The van der Waals surface area contributed by atoms with Crippen molar-refractivity contribution in [3.8, 4) is 0 Å². The summed E-state index contributed by atoms with van der Waals surface area (Å²) in [5.41, 5.74) is 1.52. The number of furan rings is 1. The Kier molecular flexibility index (Phi) is 2.11. The van der Waals surface area contributed by atoms with Gasteiger partial charge in [-0.15, -0.1) is 0 Å². The Hall–Kier alpha value is -1.97. The Balaban J connectivity index is 2.57. The van der Waals surface area contributed by atoms with Crippen molar-refractivity contribution in [1.29, 1.82) is 0 Å². The highest BCUT2D eigenvalue weighted by Crippen LogP contribution is 2.23. The van der Waals surface area contributed by atoms with Gasteiger partial charge >= 0.3 is 0 Å². The van der Waals surface area contributed by atoms with Gasteiger partial charge in [-0.25, -0.2) is 0 Å². The third-order valence-electron chi connectivity index (χ3n) is 2.22. The van der Waals surface area contributed by atoms with E-state index in [-0.39, 0.29) is 5.76 Å². The maximum Gasteiger partial charge on any atom is 0.150 e. The molecule has 0 radical (unpaired) electrons. The van der Waals surface area contributed by atoms with Crippen molar-refractivity contribution in [2.75, 3.05) is 19.0 Å². The molecule has 0 N–H and O–H groups in total. The highest BCUT2D eigenvalue weighted by Gasteiger charge is 2.05. The SMILES string of the molecule is CN(C)c1ccc2cc(C(=O)[O-])oc2c1. The molecule has 4 heteroatoms. The van der Waals surface area contributed by atoms with Crippen molar-refractivity contribution in [3.05, 3.63) is 30.0 Å². The molecule has 15 heavy (non-hydrogen) atoms. The van der Waals surface area contributed by atoms with E-state index in [0.717, 1.165) is 11.1 Å². The normalized spacial score (nSPS) is 10.5. The number of carboxylic acid groups (broad SMARTS) is 1. The Morgan fingerprint density at radius 3 is 2.67 bits per heavy atom. The van der Waals surface area contributed by atoms with Crippen molar-refractivity contribution in [3.63, 3.8) is 0 Å². The van der Waals surface area contributed by atoms with E-state index < -0.39 is 5.97 Å². The van der Waals surface area contributed by atoms with E-state index in [1.54, 1.807) is 6.07 Å². The molecular formula is C11H10NO3-. The van der Waals surface area contributed by atoms with Gasteiger partial charge in [0.25, 0.3) is 0 Å². The van der Waals surface area contributed by atoms with E-state index in [9.17, 15) is 9.90 Å². The Morgan fingerprint density at radius 2 is 2.07 bits per heavy atom. The van der Waals surface area contributed by atoms with Crippen molar-refractivity contribution in [1.82, 2.24) is 0 Å². The molecule has 1 aromatic carbocycles. The van der Waals surface area contributed by atoms with Crippen LogP contribution in [-0.2, 0) is 0 Å². The van der Waals surface area contributed by atoms with Crippen LogP contribution >= 0.6 is 0 Å². The predicted octanol–water partition coefficient (Wildman–Crippen LogP) is 0.862. The predicted molar refractivity (Wildman–Crippen MR) is 54.9 cm³/mol. The summed E-state index contributed by atoms with van der Waals surface area (Å²) in [5.74, 6) is -1.43. The van der Waals surface area contributed by atoms with E-state index in [4.69, 9.17) is 4.42 Å². The van der Waals surface area contributed by atoms with Gasteiger partial charge in [0.2, 0.25) is 0 Å².